The van der Waals surface area contributed by atoms with Crippen molar-refractivity contribution < 1.29 is 18.4 Å². The smallest absolute Gasteiger partial charge is 0.273 e. The lowest BCUT2D eigenvalue weighted by Crippen LogP contribution is -1.96. The Morgan fingerprint density at radius 1 is 1.19 bits per heavy atom. The van der Waals surface area contributed by atoms with Crippen molar-refractivity contribution in [3.05, 3.63) is 62.1 Å². The lowest BCUT2D eigenvalue weighted by atomic mass is 10.2. The Bertz CT molecular complexity index is 687. The van der Waals surface area contributed by atoms with Crippen molar-refractivity contribution in [3.8, 4) is 11.5 Å². The molecule has 4 nitrogen and oxygen atoms in total. The molecule has 21 heavy (non-hydrogen) atoms. The van der Waals surface area contributed by atoms with Gasteiger partial charge in [-0.3, -0.25) is 10.1 Å². The summed E-state index contributed by atoms with van der Waals surface area (Å²) in [5.74, 6) is -2.43. The van der Waals surface area contributed by atoms with Crippen LogP contribution in [0.2, 0.25) is 0 Å². The number of nitro groups is 1. The van der Waals surface area contributed by atoms with Gasteiger partial charge < -0.3 is 4.74 Å². The van der Waals surface area contributed by atoms with Crippen LogP contribution in [0.25, 0.3) is 0 Å². The highest BCUT2D eigenvalue weighted by molar-refractivity contribution is 9.10. The van der Waals surface area contributed by atoms with Crippen molar-refractivity contribution in [2.24, 2.45) is 0 Å². The SMILES string of the molecule is O=[N+]([O-])c1ccc(Br)c(Oc2c(F)cc(CBr)cc2F)c1. The van der Waals surface area contributed by atoms with Crippen molar-refractivity contribution in [1.29, 1.82) is 0 Å². The van der Waals surface area contributed by atoms with E-state index in [1.165, 1.54) is 12.1 Å². The third-order valence-corrected chi connectivity index (χ3v) is 3.85. The van der Waals surface area contributed by atoms with Crippen molar-refractivity contribution >= 4 is 37.5 Å². The van der Waals surface area contributed by atoms with Crippen molar-refractivity contribution in [2.75, 3.05) is 0 Å². The van der Waals surface area contributed by atoms with Gasteiger partial charge in [-0.2, -0.15) is 0 Å². The van der Waals surface area contributed by atoms with E-state index in [0.717, 1.165) is 18.2 Å². The Morgan fingerprint density at radius 3 is 2.33 bits per heavy atom. The topological polar surface area (TPSA) is 52.4 Å². The van der Waals surface area contributed by atoms with Gasteiger partial charge in [-0.25, -0.2) is 8.78 Å². The zero-order valence-electron chi connectivity index (χ0n) is 10.3. The van der Waals surface area contributed by atoms with Gasteiger partial charge >= 0.3 is 0 Å². The number of halogens is 4. The predicted octanol–water partition coefficient (Wildman–Crippen LogP) is 5.32. The van der Waals surface area contributed by atoms with Crippen LogP contribution in [-0.4, -0.2) is 4.92 Å². The second-order valence-corrected chi connectivity index (χ2v) is 5.41. The summed E-state index contributed by atoms with van der Waals surface area (Å²) < 4.78 is 33.2. The first kappa shape index (κ1) is 15.8. The van der Waals surface area contributed by atoms with Gasteiger partial charge in [0, 0.05) is 11.4 Å². The molecule has 0 spiro atoms. The number of benzene rings is 2. The van der Waals surface area contributed by atoms with Crippen molar-refractivity contribution in [2.45, 2.75) is 5.33 Å². The molecule has 0 bridgehead atoms. The first-order valence-corrected chi connectivity index (χ1v) is 7.49. The summed E-state index contributed by atoms with van der Waals surface area (Å²) in [6.07, 6.45) is 0. The fourth-order valence-electron chi connectivity index (χ4n) is 1.58. The molecular formula is C13H7Br2F2NO3. The number of hydrogen-bond donors (Lipinski definition) is 0. The molecule has 0 radical (unpaired) electrons. The van der Waals surface area contributed by atoms with E-state index in [0.29, 0.717) is 15.4 Å². The minimum absolute atomic E-state index is 0.0476. The van der Waals surface area contributed by atoms with E-state index in [4.69, 9.17) is 4.74 Å². The molecule has 0 aliphatic carbocycles. The number of non-ortho nitro benzene ring substituents is 1. The molecule has 0 aliphatic rings. The second-order valence-electron chi connectivity index (χ2n) is 4.00. The molecule has 0 heterocycles. The van der Waals surface area contributed by atoms with E-state index in [1.807, 2.05) is 0 Å². The molecule has 0 aliphatic heterocycles. The zero-order chi connectivity index (χ0) is 15.6. The molecule has 110 valence electrons. The molecule has 0 fully saturated rings. The number of nitrogens with zero attached hydrogens (tertiary/aromatic N) is 1. The van der Waals surface area contributed by atoms with Gasteiger partial charge in [-0.05, 0) is 39.7 Å². The number of ether oxygens (including phenoxy) is 1. The Labute approximate surface area is 135 Å². The molecule has 0 saturated heterocycles. The summed E-state index contributed by atoms with van der Waals surface area (Å²) in [4.78, 5) is 10.1. The summed E-state index contributed by atoms with van der Waals surface area (Å²) in [5.41, 5.74) is 0.168. The zero-order valence-corrected chi connectivity index (χ0v) is 13.4. The summed E-state index contributed by atoms with van der Waals surface area (Å²) in [5, 5.41) is 11.0. The molecule has 0 aromatic heterocycles. The van der Waals surface area contributed by atoms with E-state index >= 15 is 0 Å². The molecule has 0 saturated carbocycles. The summed E-state index contributed by atoms with van der Waals surface area (Å²) >= 11 is 6.21. The minimum Gasteiger partial charge on any atom is -0.450 e. The maximum Gasteiger partial charge on any atom is 0.273 e. The lowest BCUT2D eigenvalue weighted by molar-refractivity contribution is -0.384. The van der Waals surface area contributed by atoms with E-state index in [-0.39, 0.29) is 11.4 Å². The molecule has 2 aromatic rings. The Morgan fingerprint density at radius 2 is 1.81 bits per heavy atom. The minimum atomic E-state index is -0.886. The highest BCUT2D eigenvalue weighted by Gasteiger charge is 2.17. The van der Waals surface area contributed by atoms with Gasteiger partial charge in [0.05, 0.1) is 15.5 Å². The van der Waals surface area contributed by atoms with Gasteiger partial charge in [0.2, 0.25) is 0 Å². The molecular weight excluding hydrogens is 416 g/mol. The summed E-state index contributed by atoms with van der Waals surface area (Å²) in [6, 6.07) is 5.95. The molecule has 0 amide bonds. The van der Waals surface area contributed by atoms with Gasteiger partial charge in [0.25, 0.3) is 5.69 Å². The van der Waals surface area contributed by atoms with Crippen LogP contribution in [0, 0.1) is 21.7 Å². The number of rotatable bonds is 4. The largest absolute Gasteiger partial charge is 0.450 e. The monoisotopic (exact) mass is 421 g/mol. The third kappa shape index (κ3) is 3.56. The Kier molecular flexibility index (Phi) is 4.89. The maximum absolute atomic E-state index is 13.8. The van der Waals surface area contributed by atoms with Crippen LogP contribution >= 0.6 is 31.9 Å². The second kappa shape index (κ2) is 6.48. The summed E-state index contributed by atoms with van der Waals surface area (Å²) in [6.45, 7) is 0. The molecule has 0 N–H and O–H groups in total. The Hall–Kier alpha value is -1.54. The van der Waals surface area contributed by atoms with Gasteiger partial charge in [-0.15, -0.1) is 0 Å². The van der Waals surface area contributed by atoms with E-state index < -0.39 is 22.3 Å². The molecule has 8 heteroatoms. The first-order valence-electron chi connectivity index (χ1n) is 5.58. The fraction of sp³-hybridized carbons (Fsp3) is 0.0769. The number of nitro benzene ring substituents is 1. The quantitative estimate of drug-likeness (QED) is 0.380. The Balaban J connectivity index is 2.43. The highest BCUT2D eigenvalue weighted by Crippen LogP contribution is 2.35. The number of alkyl halides is 1. The summed E-state index contributed by atoms with van der Waals surface area (Å²) in [7, 11) is 0. The predicted molar refractivity (Wildman–Crippen MR) is 79.9 cm³/mol. The highest BCUT2D eigenvalue weighted by atomic mass is 79.9. The standard InChI is InChI=1S/C13H7Br2F2NO3/c14-6-7-3-10(16)13(11(17)4-7)21-12-5-8(18(19)20)1-2-9(12)15/h1-5H,6H2. The van der Waals surface area contributed by atoms with E-state index in [9.17, 15) is 18.9 Å². The van der Waals surface area contributed by atoms with E-state index in [2.05, 4.69) is 31.9 Å². The van der Waals surface area contributed by atoms with Crippen molar-refractivity contribution in [1.82, 2.24) is 0 Å². The molecule has 0 atom stereocenters. The first-order chi connectivity index (χ1) is 9.92. The fourth-order valence-corrected chi connectivity index (χ4v) is 2.23. The van der Waals surface area contributed by atoms with Gasteiger partial charge in [0.1, 0.15) is 5.75 Å². The van der Waals surface area contributed by atoms with Gasteiger partial charge in [0.15, 0.2) is 17.4 Å². The molecule has 2 aromatic carbocycles. The van der Waals surface area contributed by atoms with Crippen LogP contribution in [0.5, 0.6) is 11.5 Å². The van der Waals surface area contributed by atoms with Gasteiger partial charge in [-0.1, -0.05) is 15.9 Å². The third-order valence-electron chi connectivity index (χ3n) is 2.55. The van der Waals surface area contributed by atoms with Crippen LogP contribution < -0.4 is 4.74 Å². The normalized spacial score (nSPS) is 10.5. The lowest BCUT2D eigenvalue weighted by Gasteiger charge is -2.10. The average Bonchev–Trinajstić information content (AvgIpc) is 2.44. The average molecular weight is 423 g/mol. The van der Waals surface area contributed by atoms with E-state index in [1.54, 1.807) is 0 Å². The van der Waals surface area contributed by atoms with Crippen LogP contribution in [-0.2, 0) is 5.33 Å². The van der Waals surface area contributed by atoms with Crippen LogP contribution in [0.4, 0.5) is 14.5 Å². The van der Waals surface area contributed by atoms with Crippen molar-refractivity contribution in [3.63, 3.8) is 0 Å². The number of hydrogen-bond acceptors (Lipinski definition) is 3. The van der Waals surface area contributed by atoms with Crippen LogP contribution in [0.15, 0.2) is 34.8 Å². The van der Waals surface area contributed by atoms with Crippen LogP contribution in [0.1, 0.15) is 5.56 Å². The van der Waals surface area contributed by atoms with Crippen LogP contribution in [0.3, 0.4) is 0 Å². The maximum atomic E-state index is 13.8. The molecule has 0 unspecified atom stereocenters. The molecule has 2 rings (SSSR count).